The smallest absolute Gasteiger partial charge is 0.253 e. The highest BCUT2D eigenvalue weighted by Crippen LogP contribution is 2.22. The Morgan fingerprint density at radius 2 is 1.86 bits per heavy atom. The highest BCUT2D eigenvalue weighted by molar-refractivity contribution is 7.88. The van der Waals surface area contributed by atoms with E-state index in [4.69, 9.17) is 4.42 Å². The van der Waals surface area contributed by atoms with Crippen LogP contribution < -0.4 is 10.6 Å². The molecule has 0 unspecified atom stereocenters. The van der Waals surface area contributed by atoms with E-state index in [1.165, 1.54) is 16.8 Å². The quantitative estimate of drug-likeness (QED) is 0.762. The fraction of sp³-hybridized carbons (Fsp3) is 0.368. The lowest BCUT2D eigenvalue weighted by Gasteiger charge is -2.29. The minimum absolute atomic E-state index is 0.209. The molecule has 150 valence electrons. The van der Waals surface area contributed by atoms with Gasteiger partial charge >= 0.3 is 0 Å². The number of piperidine rings is 1. The fourth-order valence-electron chi connectivity index (χ4n) is 3.15. The van der Waals surface area contributed by atoms with Crippen molar-refractivity contribution in [2.24, 2.45) is 5.92 Å². The Balaban J connectivity index is 1.61. The van der Waals surface area contributed by atoms with Crippen LogP contribution in [-0.2, 0) is 21.4 Å². The van der Waals surface area contributed by atoms with Crippen LogP contribution in [0.4, 0.5) is 5.69 Å². The molecule has 0 spiro atoms. The number of furan rings is 1. The van der Waals surface area contributed by atoms with Crippen molar-refractivity contribution in [1.29, 1.82) is 0 Å². The number of amides is 2. The molecule has 1 saturated heterocycles. The summed E-state index contributed by atoms with van der Waals surface area (Å²) in [5.41, 5.74) is 0.783. The van der Waals surface area contributed by atoms with Crippen molar-refractivity contribution >= 4 is 27.5 Å². The maximum absolute atomic E-state index is 12.6. The molecule has 3 rings (SSSR count). The molecular weight excluding hydrogens is 382 g/mol. The number of nitrogens with zero attached hydrogens (tertiary/aromatic N) is 1. The molecule has 1 aliphatic heterocycles. The van der Waals surface area contributed by atoms with Crippen LogP contribution in [0.1, 0.15) is 29.0 Å². The monoisotopic (exact) mass is 405 g/mol. The fourth-order valence-corrected chi connectivity index (χ4v) is 4.02. The molecule has 2 heterocycles. The van der Waals surface area contributed by atoms with E-state index in [1.807, 2.05) is 0 Å². The lowest BCUT2D eigenvalue weighted by Crippen LogP contribution is -2.41. The van der Waals surface area contributed by atoms with Gasteiger partial charge in [0.2, 0.25) is 15.9 Å². The van der Waals surface area contributed by atoms with E-state index >= 15 is 0 Å². The molecule has 0 radical (unpaired) electrons. The third-order valence-corrected chi connectivity index (χ3v) is 6.03. The van der Waals surface area contributed by atoms with Crippen LogP contribution in [0.15, 0.2) is 47.1 Å². The molecule has 28 heavy (non-hydrogen) atoms. The summed E-state index contributed by atoms with van der Waals surface area (Å²) in [7, 11) is -3.24. The number of hydrogen-bond acceptors (Lipinski definition) is 5. The maximum atomic E-state index is 12.6. The van der Waals surface area contributed by atoms with Gasteiger partial charge in [-0.25, -0.2) is 12.7 Å². The Hall–Kier alpha value is -2.65. The van der Waals surface area contributed by atoms with Crippen LogP contribution in [0.2, 0.25) is 0 Å². The zero-order valence-electron chi connectivity index (χ0n) is 15.6. The number of para-hydroxylation sites is 1. The van der Waals surface area contributed by atoms with Gasteiger partial charge in [0, 0.05) is 19.0 Å². The average Bonchev–Trinajstić information content (AvgIpc) is 3.19. The Bertz CT molecular complexity index is 932. The molecule has 2 N–H and O–H groups in total. The average molecular weight is 405 g/mol. The third kappa shape index (κ3) is 4.99. The molecular formula is C19H23N3O5S. The molecule has 1 aromatic carbocycles. The number of anilines is 1. The zero-order valence-corrected chi connectivity index (χ0v) is 16.4. The van der Waals surface area contributed by atoms with Crippen LogP contribution in [-0.4, -0.2) is 43.9 Å². The number of rotatable bonds is 6. The van der Waals surface area contributed by atoms with Gasteiger partial charge in [0.25, 0.3) is 5.91 Å². The van der Waals surface area contributed by atoms with Crippen molar-refractivity contribution in [2.45, 2.75) is 19.4 Å². The number of hydrogen-bond donors (Lipinski definition) is 2. The Kier molecular flexibility index (Phi) is 6.15. The number of benzene rings is 1. The molecule has 2 amide bonds. The molecule has 2 aromatic rings. The van der Waals surface area contributed by atoms with E-state index in [-0.39, 0.29) is 24.3 Å². The predicted octanol–water partition coefficient (Wildman–Crippen LogP) is 1.82. The summed E-state index contributed by atoms with van der Waals surface area (Å²) in [6, 6.07) is 10.3. The predicted molar refractivity (Wildman–Crippen MR) is 104 cm³/mol. The van der Waals surface area contributed by atoms with Crippen LogP contribution in [0.25, 0.3) is 0 Å². The summed E-state index contributed by atoms with van der Waals surface area (Å²) < 4.78 is 29.8. The Morgan fingerprint density at radius 1 is 1.14 bits per heavy atom. The zero-order chi connectivity index (χ0) is 20.1. The molecule has 0 bridgehead atoms. The van der Waals surface area contributed by atoms with E-state index in [0.29, 0.717) is 42.9 Å². The normalized spacial score (nSPS) is 15.9. The summed E-state index contributed by atoms with van der Waals surface area (Å²) in [5.74, 6) is -0.191. The lowest BCUT2D eigenvalue weighted by atomic mass is 9.97. The van der Waals surface area contributed by atoms with Gasteiger partial charge in [-0.3, -0.25) is 9.59 Å². The highest BCUT2D eigenvalue weighted by atomic mass is 32.2. The summed E-state index contributed by atoms with van der Waals surface area (Å²) >= 11 is 0. The number of nitrogens with one attached hydrogen (secondary N) is 2. The van der Waals surface area contributed by atoms with E-state index in [1.54, 1.807) is 36.4 Å². The van der Waals surface area contributed by atoms with E-state index in [9.17, 15) is 18.0 Å². The summed E-state index contributed by atoms with van der Waals surface area (Å²) in [6.45, 7) is 0.891. The first-order chi connectivity index (χ1) is 13.3. The van der Waals surface area contributed by atoms with Gasteiger partial charge in [0.15, 0.2) is 0 Å². The summed E-state index contributed by atoms with van der Waals surface area (Å²) in [4.78, 5) is 25.1. The van der Waals surface area contributed by atoms with E-state index in [0.717, 1.165) is 0 Å². The van der Waals surface area contributed by atoms with Crippen LogP contribution in [0.3, 0.4) is 0 Å². The second kappa shape index (κ2) is 8.57. The van der Waals surface area contributed by atoms with Gasteiger partial charge < -0.3 is 15.1 Å². The molecule has 1 fully saturated rings. The van der Waals surface area contributed by atoms with Crippen LogP contribution in [0.5, 0.6) is 0 Å². The number of carbonyl (C=O) groups is 2. The van der Waals surface area contributed by atoms with Gasteiger partial charge in [-0.1, -0.05) is 12.1 Å². The van der Waals surface area contributed by atoms with Gasteiger partial charge in [-0.05, 0) is 37.1 Å². The number of sulfonamides is 1. The van der Waals surface area contributed by atoms with Crippen LogP contribution >= 0.6 is 0 Å². The SMILES string of the molecule is CS(=O)(=O)N1CCC(C(=O)Nc2ccccc2C(=O)NCc2ccco2)CC1. The molecule has 1 aliphatic rings. The number of carbonyl (C=O) groups excluding carboxylic acids is 2. The molecule has 9 heteroatoms. The molecule has 0 atom stereocenters. The minimum atomic E-state index is -3.24. The molecule has 0 aliphatic carbocycles. The molecule has 1 aromatic heterocycles. The first-order valence-corrected chi connectivity index (χ1v) is 10.8. The minimum Gasteiger partial charge on any atom is -0.467 e. The Labute approximate surface area is 164 Å². The first kappa shape index (κ1) is 20.1. The second-order valence-corrected chi connectivity index (χ2v) is 8.72. The second-order valence-electron chi connectivity index (χ2n) is 6.73. The van der Waals surface area contributed by atoms with Crippen molar-refractivity contribution in [3.63, 3.8) is 0 Å². The van der Waals surface area contributed by atoms with Gasteiger partial charge in [-0.15, -0.1) is 0 Å². The largest absolute Gasteiger partial charge is 0.467 e. The summed E-state index contributed by atoms with van der Waals surface area (Å²) in [6.07, 6.45) is 3.60. The van der Waals surface area contributed by atoms with Crippen LogP contribution in [0, 0.1) is 5.92 Å². The van der Waals surface area contributed by atoms with Gasteiger partial charge in [0.05, 0.1) is 30.3 Å². The van der Waals surface area contributed by atoms with Crippen molar-refractivity contribution in [3.8, 4) is 0 Å². The van der Waals surface area contributed by atoms with Crippen molar-refractivity contribution in [2.75, 3.05) is 24.7 Å². The molecule has 8 nitrogen and oxygen atoms in total. The summed E-state index contributed by atoms with van der Waals surface area (Å²) in [5, 5.41) is 5.58. The van der Waals surface area contributed by atoms with Gasteiger partial charge in [-0.2, -0.15) is 0 Å². The standard InChI is InChI=1S/C19H23N3O5S/c1-28(25,26)22-10-8-14(9-11-22)18(23)21-17-7-3-2-6-16(17)19(24)20-13-15-5-4-12-27-15/h2-7,12,14H,8-11,13H2,1H3,(H,20,24)(H,21,23). The highest BCUT2D eigenvalue weighted by Gasteiger charge is 2.29. The van der Waals surface area contributed by atoms with E-state index in [2.05, 4.69) is 10.6 Å². The van der Waals surface area contributed by atoms with Gasteiger partial charge in [0.1, 0.15) is 5.76 Å². The Morgan fingerprint density at radius 3 is 2.50 bits per heavy atom. The first-order valence-electron chi connectivity index (χ1n) is 9.00. The molecule has 0 saturated carbocycles. The van der Waals surface area contributed by atoms with Crippen molar-refractivity contribution < 1.29 is 22.4 Å². The maximum Gasteiger partial charge on any atom is 0.253 e. The lowest BCUT2D eigenvalue weighted by molar-refractivity contribution is -0.120. The van der Waals surface area contributed by atoms with Crippen molar-refractivity contribution in [1.82, 2.24) is 9.62 Å². The van der Waals surface area contributed by atoms with Crippen molar-refractivity contribution in [3.05, 3.63) is 54.0 Å². The van der Waals surface area contributed by atoms with E-state index < -0.39 is 10.0 Å². The topological polar surface area (TPSA) is 109 Å². The third-order valence-electron chi connectivity index (χ3n) is 4.73.